The van der Waals surface area contributed by atoms with Gasteiger partial charge in [0.05, 0.1) is 20.3 Å². The van der Waals surface area contributed by atoms with Crippen molar-refractivity contribution < 1.29 is 19.7 Å². The minimum absolute atomic E-state index is 0.0633. The van der Waals surface area contributed by atoms with Gasteiger partial charge in [-0.3, -0.25) is 4.79 Å². The lowest BCUT2D eigenvalue weighted by Crippen LogP contribution is -2.30. The predicted molar refractivity (Wildman–Crippen MR) is 89.1 cm³/mol. The molecule has 0 spiro atoms. The Bertz CT molecular complexity index is 572. The topological polar surface area (TPSA) is 106 Å². The summed E-state index contributed by atoms with van der Waals surface area (Å²) >= 11 is 0. The van der Waals surface area contributed by atoms with Crippen molar-refractivity contribution in [3.8, 4) is 11.8 Å². The highest BCUT2D eigenvalue weighted by Gasteiger charge is 2.10. The first kappa shape index (κ1) is 19.5. The number of nitrogens with zero attached hydrogens (tertiary/aromatic N) is 2. The van der Waals surface area contributed by atoms with Crippen molar-refractivity contribution in [2.45, 2.75) is 6.42 Å². The summed E-state index contributed by atoms with van der Waals surface area (Å²) in [6.07, 6.45) is 1.99. The number of carbonyl (C=O) groups excluding carboxylic acids is 1. The second kappa shape index (κ2) is 11.0. The molecular weight excluding hydrogens is 310 g/mol. The number of carbonyl (C=O) groups is 1. The minimum atomic E-state index is -0.480. The molecule has 130 valence electrons. The van der Waals surface area contributed by atoms with Crippen molar-refractivity contribution in [3.05, 3.63) is 41.6 Å². The Morgan fingerprint density at radius 3 is 2.42 bits per heavy atom. The van der Waals surface area contributed by atoms with Crippen LogP contribution in [-0.2, 0) is 11.2 Å². The summed E-state index contributed by atoms with van der Waals surface area (Å²) in [4.78, 5) is 13.6. The number of nitrogens with one attached hydrogen (secondary N) is 1. The average Bonchev–Trinajstić information content (AvgIpc) is 2.60. The summed E-state index contributed by atoms with van der Waals surface area (Å²) in [5.74, 6) is 0.289. The number of ether oxygens (including phenoxy) is 1. The Labute approximate surface area is 141 Å². The summed E-state index contributed by atoms with van der Waals surface area (Å²) in [6, 6.07) is 9.36. The molecule has 0 unspecified atom stereocenters. The number of amides is 1. The van der Waals surface area contributed by atoms with Gasteiger partial charge < -0.3 is 25.2 Å². The first-order valence-corrected chi connectivity index (χ1v) is 7.63. The van der Waals surface area contributed by atoms with Gasteiger partial charge in [0.25, 0.3) is 5.91 Å². The van der Waals surface area contributed by atoms with E-state index >= 15 is 0 Å². The molecule has 3 N–H and O–H groups in total. The fourth-order valence-electron chi connectivity index (χ4n) is 2.03. The lowest BCUT2D eigenvalue weighted by atomic mass is 10.1. The quantitative estimate of drug-likeness (QED) is 0.413. The van der Waals surface area contributed by atoms with Crippen LogP contribution in [0.4, 0.5) is 0 Å². The van der Waals surface area contributed by atoms with Crippen LogP contribution in [0, 0.1) is 11.3 Å². The molecule has 0 saturated carbocycles. The zero-order chi connectivity index (χ0) is 17.8. The summed E-state index contributed by atoms with van der Waals surface area (Å²) < 4.78 is 5.08. The Balaban J connectivity index is 2.55. The zero-order valence-corrected chi connectivity index (χ0v) is 13.7. The lowest BCUT2D eigenvalue weighted by Gasteiger charge is -2.18. The van der Waals surface area contributed by atoms with Gasteiger partial charge in [0.15, 0.2) is 0 Å². The van der Waals surface area contributed by atoms with Gasteiger partial charge in [-0.1, -0.05) is 12.1 Å². The predicted octanol–water partition coefficient (Wildman–Crippen LogP) is 0.0480. The molecule has 0 heterocycles. The van der Waals surface area contributed by atoms with Crippen LogP contribution in [0.3, 0.4) is 0 Å². The van der Waals surface area contributed by atoms with Crippen LogP contribution >= 0.6 is 0 Å². The third-order valence-corrected chi connectivity index (χ3v) is 3.31. The van der Waals surface area contributed by atoms with Gasteiger partial charge in [-0.05, 0) is 24.1 Å². The summed E-state index contributed by atoms with van der Waals surface area (Å²) in [6.45, 7) is 0.614. The largest absolute Gasteiger partial charge is 0.497 e. The van der Waals surface area contributed by atoms with E-state index in [-0.39, 0.29) is 31.9 Å². The maximum atomic E-state index is 12.0. The number of rotatable bonds is 10. The molecule has 7 nitrogen and oxygen atoms in total. The van der Waals surface area contributed by atoms with Crippen LogP contribution < -0.4 is 10.1 Å². The summed E-state index contributed by atoms with van der Waals surface area (Å²) in [7, 11) is 1.60. The summed E-state index contributed by atoms with van der Waals surface area (Å²) in [5.41, 5.74) is 0.979. The molecule has 0 aliphatic heterocycles. The normalized spacial score (nSPS) is 10.8. The second-order valence-corrected chi connectivity index (χ2v) is 4.99. The zero-order valence-electron chi connectivity index (χ0n) is 13.7. The molecule has 0 aliphatic rings. The van der Waals surface area contributed by atoms with Crippen LogP contribution in [0.2, 0.25) is 0 Å². The highest BCUT2D eigenvalue weighted by molar-refractivity contribution is 5.97. The fraction of sp³-hybridized carbons (Fsp3) is 0.412. The highest BCUT2D eigenvalue weighted by atomic mass is 16.5. The molecule has 7 heteroatoms. The van der Waals surface area contributed by atoms with Crippen LogP contribution in [0.15, 0.2) is 36.0 Å². The van der Waals surface area contributed by atoms with Crippen molar-refractivity contribution in [3.63, 3.8) is 0 Å². The lowest BCUT2D eigenvalue weighted by molar-refractivity contribution is -0.117. The average molecular weight is 333 g/mol. The molecule has 0 atom stereocenters. The number of methoxy groups -OCH3 is 1. The fourth-order valence-corrected chi connectivity index (χ4v) is 2.03. The first-order valence-electron chi connectivity index (χ1n) is 7.63. The highest BCUT2D eigenvalue weighted by Crippen LogP contribution is 2.11. The van der Waals surface area contributed by atoms with Crippen molar-refractivity contribution in [1.29, 1.82) is 5.26 Å². The van der Waals surface area contributed by atoms with E-state index in [0.29, 0.717) is 13.0 Å². The second-order valence-electron chi connectivity index (χ2n) is 4.99. The molecule has 0 fully saturated rings. The molecule has 1 amide bonds. The molecule has 0 radical (unpaired) electrons. The van der Waals surface area contributed by atoms with Gasteiger partial charge in [0, 0.05) is 25.8 Å². The van der Waals surface area contributed by atoms with Gasteiger partial charge in [0.2, 0.25) is 0 Å². The van der Waals surface area contributed by atoms with Crippen molar-refractivity contribution in [1.82, 2.24) is 10.2 Å². The van der Waals surface area contributed by atoms with Crippen molar-refractivity contribution in [2.75, 3.05) is 40.0 Å². The minimum Gasteiger partial charge on any atom is -0.497 e. The monoisotopic (exact) mass is 333 g/mol. The van der Waals surface area contributed by atoms with Gasteiger partial charge in [0.1, 0.15) is 17.4 Å². The van der Waals surface area contributed by atoms with E-state index in [9.17, 15) is 4.79 Å². The third kappa shape index (κ3) is 6.69. The van der Waals surface area contributed by atoms with Crippen LogP contribution in [0.5, 0.6) is 5.75 Å². The molecule has 24 heavy (non-hydrogen) atoms. The van der Waals surface area contributed by atoms with E-state index in [1.54, 1.807) is 7.11 Å². The van der Waals surface area contributed by atoms with Crippen molar-refractivity contribution >= 4 is 5.91 Å². The maximum Gasteiger partial charge on any atom is 0.263 e. The molecule has 1 rings (SSSR count). The molecule has 0 bridgehead atoms. The number of nitriles is 1. The van der Waals surface area contributed by atoms with E-state index in [2.05, 4.69) is 5.32 Å². The molecule has 0 aromatic heterocycles. The van der Waals surface area contributed by atoms with Crippen LogP contribution in [0.25, 0.3) is 0 Å². The van der Waals surface area contributed by atoms with E-state index in [1.807, 2.05) is 30.3 Å². The smallest absolute Gasteiger partial charge is 0.263 e. The Hall–Kier alpha value is -2.56. The van der Waals surface area contributed by atoms with E-state index in [1.165, 1.54) is 11.1 Å². The number of aliphatic hydroxyl groups is 2. The number of benzene rings is 1. The van der Waals surface area contributed by atoms with E-state index < -0.39 is 5.91 Å². The Morgan fingerprint density at radius 1 is 1.29 bits per heavy atom. The standard InChI is InChI=1S/C17H23N3O4/c1-24-16-4-2-14(3-5-16)6-7-19-17(23)15(12-18)13-20(8-10-21)9-11-22/h2-5,13,21-22H,6-11H2,1H3,(H,19,23)/b15-13-. The first-order chi connectivity index (χ1) is 11.6. The maximum absolute atomic E-state index is 12.0. The Morgan fingerprint density at radius 2 is 1.92 bits per heavy atom. The molecule has 1 aromatic rings. The van der Waals surface area contributed by atoms with Crippen LogP contribution in [-0.4, -0.2) is 61.0 Å². The number of hydrogen-bond donors (Lipinski definition) is 3. The third-order valence-electron chi connectivity index (χ3n) is 3.31. The SMILES string of the molecule is COc1ccc(CCNC(=O)/C(C#N)=C\N(CCO)CCO)cc1. The molecule has 1 aromatic carbocycles. The van der Waals surface area contributed by atoms with Gasteiger partial charge in [-0.2, -0.15) is 5.26 Å². The summed E-state index contributed by atoms with van der Waals surface area (Å²) in [5, 5.41) is 29.7. The van der Waals surface area contributed by atoms with E-state index in [0.717, 1.165) is 11.3 Å². The number of hydrogen-bond acceptors (Lipinski definition) is 6. The van der Waals surface area contributed by atoms with E-state index in [4.69, 9.17) is 20.2 Å². The Kier molecular flexibility index (Phi) is 8.97. The number of aliphatic hydroxyl groups excluding tert-OH is 2. The van der Waals surface area contributed by atoms with Crippen molar-refractivity contribution in [2.24, 2.45) is 0 Å². The van der Waals surface area contributed by atoms with Crippen LogP contribution in [0.1, 0.15) is 5.56 Å². The van der Waals surface area contributed by atoms with Gasteiger partial charge in [-0.25, -0.2) is 0 Å². The molecular formula is C17H23N3O4. The molecule has 0 aliphatic carbocycles. The molecule has 0 saturated heterocycles. The van der Waals surface area contributed by atoms with Gasteiger partial charge >= 0.3 is 0 Å². The van der Waals surface area contributed by atoms with Gasteiger partial charge in [-0.15, -0.1) is 0 Å².